The van der Waals surface area contributed by atoms with Gasteiger partial charge >= 0.3 is 0 Å². The number of carbonyl (C=O) groups is 1. The zero-order valence-corrected chi connectivity index (χ0v) is 17.3. The molecule has 0 aliphatic carbocycles. The van der Waals surface area contributed by atoms with Crippen LogP contribution in [0.4, 0.5) is 17.1 Å². The average molecular weight is 426 g/mol. The van der Waals surface area contributed by atoms with Crippen molar-refractivity contribution in [2.24, 2.45) is 0 Å². The van der Waals surface area contributed by atoms with Gasteiger partial charge in [0.2, 0.25) is 15.9 Å². The van der Waals surface area contributed by atoms with E-state index in [0.717, 1.165) is 27.8 Å². The van der Waals surface area contributed by atoms with Crippen molar-refractivity contribution in [1.29, 1.82) is 0 Å². The molecular formula is C18H20ClN3O5S. The number of rotatable bonds is 6. The van der Waals surface area contributed by atoms with E-state index < -0.39 is 26.9 Å². The second kappa shape index (κ2) is 8.15. The first-order valence-electron chi connectivity index (χ1n) is 8.23. The summed E-state index contributed by atoms with van der Waals surface area (Å²) >= 11 is 6.01. The van der Waals surface area contributed by atoms with Crippen LogP contribution in [0, 0.1) is 24.0 Å². The third kappa shape index (κ3) is 4.79. The van der Waals surface area contributed by atoms with Crippen LogP contribution < -0.4 is 9.62 Å². The zero-order chi connectivity index (χ0) is 21.2. The number of hydrogen-bond donors (Lipinski definition) is 1. The standard InChI is InChI=1S/C18H20ClN3O5S/c1-11-5-6-14(9-12(11)2)21(28(4,26)27)13(3)18(23)20-17-10-15(22(24)25)7-8-16(17)19/h5-10,13H,1-4H3,(H,20,23)/t13-/m1/s1. The number of aryl methyl sites for hydroxylation is 2. The number of benzene rings is 2. The van der Waals surface area contributed by atoms with Crippen LogP contribution >= 0.6 is 11.6 Å². The van der Waals surface area contributed by atoms with E-state index in [4.69, 9.17) is 11.6 Å². The third-order valence-corrected chi connectivity index (χ3v) is 5.82. The summed E-state index contributed by atoms with van der Waals surface area (Å²) in [5.41, 5.74) is 1.99. The minimum atomic E-state index is -3.78. The Bertz CT molecular complexity index is 1040. The minimum Gasteiger partial charge on any atom is -0.323 e. The lowest BCUT2D eigenvalue weighted by atomic mass is 10.1. The quantitative estimate of drug-likeness (QED) is 0.561. The molecule has 0 aliphatic rings. The van der Waals surface area contributed by atoms with Crippen molar-refractivity contribution in [1.82, 2.24) is 0 Å². The van der Waals surface area contributed by atoms with Crippen molar-refractivity contribution >= 4 is 44.6 Å². The summed E-state index contributed by atoms with van der Waals surface area (Å²) in [5, 5.41) is 13.5. The van der Waals surface area contributed by atoms with Crippen LogP contribution in [0.25, 0.3) is 0 Å². The van der Waals surface area contributed by atoms with Gasteiger partial charge in [-0.25, -0.2) is 8.42 Å². The SMILES string of the molecule is Cc1ccc(N([C@H](C)C(=O)Nc2cc([N+](=O)[O-])ccc2Cl)S(C)(=O)=O)cc1C. The van der Waals surface area contributed by atoms with Crippen LogP contribution in [-0.4, -0.2) is 31.5 Å². The highest BCUT2D eigenvalue weighted by molar-refractivity contribution is 7.92. The number of carbonyl (C=O) groups excluding carboxylic acids is 1. The van der Waals surface area contributed by atoms with E-state index in [1.54, 1.807) is 18.2 Å². The monoisotopic (exact) mass is 425 g/mol. The van der Waals surface area contributed by atoms with Crippen molar-refractivity contribution in [3.05, 3.63) is 62.7 Å². The molecule has 0 saturated heterocycles. The Morgan fingerprint density at radius 2 is 1.82 bits per heavy atom. The van der Waals surface area contributed by atoms with Crippen LogP contribution in [-0.2, 0) is 14.8 Å². The van der Waals surface area contributed by atoms with Crippen molar-refractivity contribution in [2.45, 2.75) is 26.8 Å². The second-order valence-corrected chi connectivity index (χ2v) is 8.68. The van der Waals surface area contributed by atoms with E-state index in [9.17, 15) is 23.3 Å². The number of nitro benzene ring substituents is 1. The zero-order valence-electron chi connectivity index (χ0n) is 15.8. The predicted octanol–water partition coefficient (Wildman–Crippen LogP) is 3.66. The molecule has 10 heteroatoms. The molecule has 1 atom stereocenters. The van der Waals surface area contributed by atoms with Crippen LogP contribution in [0.3, 0.4) is 0 Å². The predicted molar refractivity (Wildman–Crippen MR) is 109 cm³/mol. The van der Waals surface area contributed by atoms with Gasteiger partial charge in [-0.2, -0.15) is 0 Å². The molecule has 0 saturated carbocycles. The van der Waals surface area contributed by atoms with E-state index in [1.807, 2.05) is 13.8 Å². The number of nitro groups is 1. The van der Waals surface area contributed by atoms with Gasteiger partial charge in [0, 0.05) is 12.1 Å². The fourth-order valence-corrected chi connectivity index (χ4v) is 3.96. The van der Waals surface area contributed by atoms with Crippen LogP contribution in [0.15, 0.2) is 36.4 Å². The number of hydrogen-bond acceptors (Lipinski definition) is 5. The summed E-state index contributed by atoms with van der Waals surface area (Å²) in [5.74, 6) is -0.675. The van der Waals surface area contributed by atoms with Gasteiger partial charge in [0.25, 0.3) is 5.69 Å². The van der Waals surface area contributed by atoms with Crippen molar-refractivity contribution in [2.75, 3.05) is 15.9 Å². The lowest BCUT2D eigenvalue weighted by Crippen LogP contribution is -2.45. The number of amides is 1. The molecule has 2 aromatic carbocycles. The molecule has 2 rings (SSSR count). The van der Waals surface area contributed by atoms with Gasteiger partial charge in [-0.1, -0.05) is 17.7 Å². The van der Waals surface area contributed by atoms with Gasteiger partial charge in [-0.3, -0.25) is 19.2 Å². The topological polar surface area (TPSA) is 110 Å². The number of anilines is 2. The molecule has 0 fully saturated rings. The molecule has 1 N–H and O–H groups in total. The first kappa shape index (κ1) is 21.6. The van der Waals surface area contributed by atoms with Gasteiger partial charge in [0.15, 0.2) is 0 Å². The van der Waals surface area contributed by atoms with E-state index in [-0.39, 0.29) is 16.4 Å². The molecule has 150 valence electrons. The smallest absolute Gasteiger partial charge is 0.271 e. The minimum absolute atomic E-state index is 0.0289. The number of nitrogens with one attached hydrogen (secondary N) is 1. The molecular weight excluding hydrogens is 406 g/mol. The van der Waals surface area contributed by atoms with Crippen LogP contribution in [0.2, 0.25) is 5.02 Å². The maximum atomic E-state index is 12.7. The Morgan fingerprint density at radius 1 is 1.18 bits per heavy atom. The number of halogens is 1. The Balaban J connectivity index is 2.38. The highest BCUT2D eigenvalue weighted by atomic mass is 35.5. The molecule has 0 spiro atoms. The lowest BCUT2D eigenvalue weighted by Gasteiger charge is -2.28. The van der Waals surface area contributed by atoms with Gasteiger partial charge in [0.05, 0.1) is 27.6 Å². The van der Waals surface area contributed by atoms with E-state index in [0.29, 0.717) is 5.69 Å². The van der Waals surface area contributed by atoms with Gasteiger partial charge in [0.1, 0.15) is 6.04 Å². The van der Waals surface area contributed by atoms with Gasteiger partial charge < -0.3 is 5.32 Å². The summed E-state index contributed by atoms with van der Waals surface area (Å²) in [6, 6.07) is 7.57. The lowest BCUT2D eigenvalue weighted by molar-refractivity contribution is -0.384. The number of sulfonamides is 1. The Labute approximate surface area is 168 Å². The summed E-state index contributed by atoms with van der Waals surface area (Å²) in [6.45, 7) is 5.16. The van der Waals surface area contributed by atoms with E-state index in [1.165, 1.54) is 19.1 Å². The second-order valence-electron chi connectivity index (χ2n) is 6.41. The summed E-state index contributed by atoms with van der Waals surface area (Å²) in [4.78, 5) is 23.0. The largest absolute Gasteiger partial charge is 0.323 e. The normalized spacial score (nSPS) is 12.3. The van der Waals surface area contributed by atoms with E-state index in [2.05, 4.69) is 5.32 Å². The molecule has 0 bridgehead atoms. The molecule has 2 aromatic rings. The molecule has 0 aromatic heterocycles. The van der Waals surface area contributed by atoms with E-state index >= 15 is 0 Å². The van der Waals surface area contributed by atoms with Crippen molar-refractivity contribution in [3.63, 3.8) is 0 Å². The molecule has 8 nitrogen and oxygen atoms in total. The first-order valence-corrected chi connectivity index (χ1v) is 10.5. The first-order chi connectivity index (χ1) is 12.9. The van der Waals surface area contributed by atoms with Crippen LogP contribution in [0.1, 0.15) is 18.1 Å². The molecule has 1 amide bonds. The van der Waals surface area contributed by atoms with Crippen molar-refractivity contribution < 1.29 is 18.1 Å². The molecule has 0 heterocycles. The fraction of sp³-hybridized carbons (Fsp3) is 0.278. The molecule has 28 heavy (non-hydrogen) atoms. The summed E-state index contributed by atoms with van der Waals surface area (Å²) in [7, 11) is -3.78. The van der Waals surface area contributed by atoms with Crippen LogP contribution in [0.5, 0.6) is 0 Å². The summed E-state index contributed by atoms with van der Waals surface area (Å²) < 4.78 is 25.7. The highest BCUT2D eigenvalue weighted by Crippen LogP contribution is 2.28. The van der Waals surface area contributed by atoms with Crippen molar-refractivity contribution in [3.8, 4) is 0 Å². The molecule has 0 aliphatic heterocycles. The fourth-order valence-electron chi connectivity index (χ4n) is 2.63. The average Bonchev–Trinajstić information content (AvgIpc) is 2.58. The Hall–Kier alpha value is -2.65. The number of nitrogens with zero attached hydrogens (tertiary/aromatic N) is 2. The third-order valence-electron chi connectivity index (χ3n) is 4.25. The highest BCUT2D eigenvalue weighted by Gasteiger charge is 2.30. The molecule has 0 unspecified atom stereocenters. The maximum absolute atomic E-state index is 12.7. The number of non-ortho nitro benzene ring substituents is 1. The maximum Gasteiger partial charge on any atom is 0.271 e. The Kier molecular flexibility index (Phi) is 6.30. The Morgan fingerprint density at radius 3 is 2.36 bits per heavy atom. The summed E-state index contributed by atoms with van der Waals surface area (Å²) in [6.07, 6.45) is 1.01. The van der Waals surface area contributed by atoms with Gasteiger partial charge in [-0.05, 0) is 50.1 Å². The van der Waals surface area contributed by atoms with Gasteiger partial charge in [-0.15, -0.1) is 0 Å². The molecule has 0 radical (unpaired) electrons.